The van der Waals surface area contributed by atoms with Crippen LogP contribution in [-0.4, -0.2) is 68.4 Å². The van der Waals surface area contributed by atoms with Crippen LogP contribution < -0.4 is 5.32 Å². The lowest BCUT2D eigenvalue weighted by atomic mass is 10.3. The molecule has 1 N–H and O–H groups in total. The van der Waals surface area contributed by atoms with Gasteiger partial charge in [0.2, 0.25) is 11.8 Å². The summed E-state index contributed by atoms with van der Waals surface area (Å²) < 4.78 is 6.71. The number of carbonyl (C=O) groups is 1. The molecular formula is C16H25N7O2. The third-order valence-electron chi connectivity index (χ3n) is 4.25. The molecule has 1 amide bonds. The van der Waals surface area contributed by atoms with E-state index in [1.807, 2.05) is 20.0 Å². The molecule has 9 heteroatoms. The predicted molar refractivity (Wildman–Crippen MR) is 91.9 cm³/mol. The number of aryl methyl sites for hydroxylation is 3. The highest BCUT2D eigenvalue weighted by atomic mass is 16.5. The van der Waals surface area contributed by atoms with Crippen LogP contribution >= 0.6 is 0 Å². The minimum absolute atomic E-state index is 0.00903. The smallest absolute Gasteiger partial charge is 0.239 e. The fraction of sp³-hybridized carbons (Fsp3) is 0.625. The molecule has 0 aromatic carbocycles. The maximum absolute atomic E-state index is 12.3. The highest BCUT2D eigenvalue weighted by Gasteiger charge is 2.19. The van der Waals surface area contributed by atoms with Crippen molar-refractivity contribution in [1.29, 1.82) is 0 Å². The van der Waals surface area contributed by atoms with Crippen LogP contribution in [0.15, 0.2) is 10.6 Å². The van der Waals surface area contributed by atoms with Crippen molar-refractivity contribution in [2.24, 2.45) is 7.05 Å². The summed E-state index contributed by atoms with van der Waals surface area (Å²) in [6.07, 6.45) is 1.01. The molecule has 1 aliphatic rings. The Morgan fingerprint density at radius 3 is 2.68 bits per heavy atom. The van der Waals surface area contributed by atoms with E-state index in [4.69, 9.17) is 4.52 Å². The molecule has 3 rings (SSSR count). The van der Waals surface area contributed by atoms with Crippen LogP contribution in [0.1, 0.15) is 23.8 Å². The number of rotatable bonds is 5. The minimum atomic E-state index is -0.00903. The topological polar surface area (TPSA) is 92.3 Å². The van der Waals surface area contributed by atoms with E-state index in [0.717, 1.165) is 49.9 Å². The van der Waals surface area contributed by atoms with E-state index >= 15 is 0 Å². The molecule has 1 saturated heterocycles. The quantitative estimate of drug-likeness (QED) is 0.845. The molecular weight excluding hydrogens is 322 g/mol. The zero-order chi connectivity index (χ0) is 17.8. The zero-order valence-electron chi connectivity index (χ0n) is 15.0. The number of carbonyl (C=O) groups excluding carboxylic acids is 1. The monoisotopic (exact) mass is 347 g/mol. The van der Waals surface area contributed by atoms with Crippen LogP contribution in [0.3, 0.4) is 0 Å². The van der Waals surface area contributed by atoms with E-state index in [-0.39, 0.29) is 5.91 Å². The van der Waals surface area contributed by atoms with E-state index in [0.29, 0.717) is 19.0 Å². The molecule has 3 heterocycles. The van der Waals surface area contributed by atoms with Gasteiger partial charge in [-0.3, -0.25) is 19.3 Å². The van der Waals surface area contributed by atoms with Crippen molar-refractivity contribution in [2.75, 3.05) is 38.0 Å². The molecule has 0 aliphatic carbocycles. The molecule has 0 unspecified atom stereocenters. The van der Waals surface area contributed by atoms with Gasteiger partial charge < -0.3 is 9.84 Å². The zero-order valence-corrected chi connectivity index (χ0v) is 15.0. The normalized spacial score (nSPS) is 16.8. The van der Waals surface area contributed by atoms with Gasteiger partial charge in [-0.15, -0.1) is 0 Å². The third kappa shape index (κ3) is 4.86. The fourth-order valence-corrected chi connectivity index (χ4v) is 3.06. The van der Waals surface area contributed by atoms with Crippen LogP contribution in [-0.2, 0) is 18.4 Å². The third-order valence-corrected chi connectivity index (χ3v) is 4.25. The number of hydrogen-bond donors (Lipinski definition) is 1. The van der Waals surface area contributed by atoms with E-state index in [9.17, 15) is 4.79 Å². The molecule has 1 aliphatic heterocycles. The lowest BCUT2D eigenvalue weighted by Crippen LogP contribution is -2.36. The summed E-state index contributed by atoms with van der Waals surface area (Å²) in [5.41, 5.74) is 0.889. The largest absolute Gasteiger partial charge is 0.340 e. The van der Waals surface area contributed by atoms with Gasteiger partial charge in [0.25, 0.3) is 0 Å². The highest BCUT2D eigenvalue weighted by Crippen LogP contribution is 2.10. The summed E-state index contributed by atoms with van der Waals surface area (Å²) in [6, 6.07) is 1.87. The van der Waals surface area contributed by atoms with Crippen molar-refractivity contribution in [1.82, 2.24) is 29.7 Å². The van der Waals surface area contributed by atoms with Crippen LogP contribution in [0.2, 0.25) is 0 Å². The summed E-state index contributed by atoms with van der Waals surface area (Å²) >= 11 is 0. The average molecular weight is 347 g/mol. The molecule has 25 heavy (non-hydrogen) atoms. The molecule has 0 saturated carbocycles. The van der Waals surface area contributed by atoms with E-state index in [1.54, 1.807) is 11.6 Å². The minimum Gasteiger partial charge on any atom is -0.340 e. The fourth-order valence-electron chi connectivity index (χ4n) is 3.06. The number of nitrogens with one attached hydrogen (secondary N) is 1. The van der Waals surface area contributed by atoms with Crippen molar-refractivity contribution >= 4 is 11.7 Å². The van der Waals surface area contributed by atoms with Crippen molar-refractivity contribution in [3.05, 3.63) is 23.5 Å². The summed E-state index contributed by atoms with van der Waals surface area (Å²) in [6.45, 7) is 8.37. The molecule has 1 fully saturated rings. The lowest BCUT2D eigenvalue weighted by Gasteiger charge is -2.20. The van der Waals surface area contributed by atoms with E-state index in [2.05, 4.69) is 30.4 Å². The molecule has 2 aromatic heterocycles. The number of amides is 1. The standard InChI is InChI=1S/C16H25N7O2/c1-12-9-15(21(3)19-12)18-16(24)11-23-6-4-5-22(7-8-23)10-14-17-13(2)25-20-14/h9H,4-8,10-11H2,1-3H3,(H,18,24). The van der Waals surface area contributed by atoms with Crippen LogP contribution in [0.5, 0.6) is 0 Å². The second kappa shape index (κ2) is 7.75. The second-order valence-corrected chi connectivity index (χ2v) is 6.48. The first-order chi connectivity index (χ1) is 12.0. The van der Waals surface area contributed by atoms with Crippen molar-refractivity contribution in [3.63, 3.8) is 0 Å². The van der Waals surface area contributed by atoms with Gasteiger partial charge in [-0.25, -0.2) is 0 Å². The molecule has 136 valence electrons. The Kier molecular flexibility index (Phi) is 5.44. The van der Waals surface area contributed by atoms with Crippen molar-refractivity contribution in [2.45, 2.75) is 26.8 Å². The molecule has 0 radical (unpaired) electrons. The van der Waals surface area contributed by atoms with Gasteiger partial charge in [0.15, 0.2) is 5.82 Å². The lowest BCUT2D eigenvalue weighted by molar-refractivity contribution is -0.117. The summed E-state index contributed by atoms with van der Waals surface area (Å²) in [7, 11) is 1.83. The van der Waals surface area contributed by atoms with E-state index < -0.39 is 0 Å². The van der Waals surface area contributed by atoms with Gasteiger partial charge in [-0.1, -0.05) is 5.16 Å². The Morgan fingerprint density at radius 1 is 1.24 bits per heavy atom. The van der Waals surface area contributed by atoms with Gasteiger partial charge in [-0.2, -0.15) is 10.1 Å². The van der Waals surface area contributed by atoms with E-state index in [1.165, 1.54) is 0 Å². The summed E-state index contributed by atoms with van der Waals surface area (Å²) in [4.78, 5) is 21.0. The van der Waals surface area contributed by atoms with Crippen LogP contribution in [0.25, 0.3) is 0 Å². The number of anilines is 1. The predicted octanol–water partition coefficient (Wildman–Crippen LogP) is 0.566. The second-order valence-electron chi connectivity index (χ2n) is 6.48. The van der Waals surface area contributed by atoms with Crippen LogP contribution in [0.4, 0.5) is 5.82 Å². The van der Waals surface area contributed by atoms with Gasteiger partial charge in [-0.05, 0) is 26.4 Å². The Morgan fingerprint density at radius 2 is 2.00 bits per heavy atom. The Labute approximate surface area is 147 Å². The first-order valence-corrected chi connectivity index (χ1v) is 8.54. The maximum Gasteiger partial charge on any atom is 0.239 e. The van der Waals surface area contributed by atoms with Crippen molar-refractivity contribution < 1.29 is 9.32 Å². The molecule has 2 aromatic rings. The van der Waals surface area contributed by atoms with Gasteiger partial charge in [0, 0.05) is 33.1 Å². The Bertz CT molecular complexity index is 724. The number of nitrogens with zero attached hydrogens (tertiary/aromatic N) is 6. The molecule has 0 atom stereocenters. The first-order valence-electron chi connectivity index (χ1n) is 8.54. The van der Waals surface area contributed by atoms with Gasteiger partial charge in [0.05, 0.1) is 18.8 Å². The maximum atomic E-state index is 12.3. The van der Waals surface area contributed by atoms with Crippen molar-refractivity contribution in [3.8, 4) is 0 Å². The van der Waals surface area contributed by atoms with Crippen LogP contribution in [0, 0.1) is 13.8 Å². The van der Waals surface area contributed by atoms with Gasteiger partial charge >= 0.3 is 0 Å². The van der Waals surface area contributed by atoms with Gasteiger partial charge in [0.1, 0.15) is 5.82 Å². The molecule has 0 bridgehead atoms. The molecule has 9 nitrogen and oxygen atoms in total. The Hall–Kier alpha value is -2.26. The first kappa shape index (κ1) is 17.6. The number of aromatic nitrogens is 4. The summed E-state index contributed by atoms with van der Waals surface area (Å²) in [5.74, 6) is 2.03. The molecule has 0 spiro atoms. The SMILES string of the molecule is Cc1cc(NC(=O)CN2CCCN(Cc3noc(C)n3)CC2)n(C)n1. The average Bonchev–Trinajstić information content (AvgIpc) is 3.00. The Balaban J connectivity index is 1.47. The number of hydrogen-bond acceptors (Lipinski definition) is 7. The highest BCUT2D eigenvalue weighted by molar-refractivity contribution is 5.91. The summed E-state index contributed by atoms with van der Waals surface area (Å²) in [5, 5.41) is 11.1.